The Morgan fingerprint density at radius 1 is 1.26 bits per heavy atom. The average Bonchev–Trinajstić information content (AvgIpc) is 3.06. The van der Waals surface area contributed by atoms with Gasteiger partial charge in [0.05, 0.1) is 13.2 Å². The second kappa shape index (κ2) is 6.62. The number of hydrogen-bond donors (Lipinski definition) is 1. The number of H-pyrrole nitrogens is 1. The summed E-state index contributed by atoms with van der Waals surface area (Å²) in [5, 5.41) is 0. The first kappa shape index (κ1) is 16.5. The average molecular weight is 341 g/mol. The van der Waals surface area contributed by atoms with E-state index in [-0.39, 0.29) is 16.8 Å². The van der Waals surface area contributed by atoms with Crippen LogP contribution in [0.2, 0.25) is 0 Å². The maximum Gasteiger partial charge on any atom is 0.270 e. The molecule has 1 aromatic heterocycles. The summed E-state index contributed by atoms with van der Waals surface area (Å²) < 4.78 is 31.8. The fourth-order valence-electron chi connectivity index (χ4n) is 3.14. The minimum atomic E-state index is -3.57. The van der Waals surface area contributed by atoms with Crippen LogP contribution in [-0.4, -0.2) is 67.4 Å². The summed E-state index contributed by atoms with van der Waals surface area (Å²) in [5.41, 5.74) is 0.339. The van der Waals surface area contributed by atoms with E-state index in [1.165, 1.54) is 16.6 Å². The summed E-state index contributed by atoms with van der Waals surface area (Å²) >= 11 is 0. The second-order valence-corrected chi connectivity index (χ2v) is 8.05. The Morgan fingerprint density at radius 3 is 2.70 bits per heavy atom. The molecule has 1 N–H and O–H groups in total. The molecule has 2 fully saturated rings. The van der Waals surface area contributed by atoms with E-state index >= 15 is 0 Å². The molecule has 1 aromatic rings. The van der Waals surface area contributed by atoms with E-state index in [1.54, 1.807) is 0 Å². The van der Waals surface area contributed by atoms with Crippen molar-refractivity contribution < 1.29 is 17.9 Å². The standard InChI is InChI=1S/C15H23N3O4S/c1-12-4-2-3-5-18(12)15(19)14-10-13(11-16-14)23(20,21)17-6-8-22-9-7-17/h10-12,16H,2-9H2,1H3. The first-order valence-corrected chi connectivity index (χ1v) is 9.51. The van der Waals surface area contributed by atoms with Crippen molar-refractivity contribution in [2.24, 2.45) is 0 Å². The van der Waals surface area contributed by atoms with Crippen LogP contribution in [0.25, 0.3) is 0 Å². The van der Waals surface area contributed by atoms with Crippen molar-refractivity contribution in [3.63, 3.8) is 0 Å². The maximum absolute atomic E-state index is 12.6. The van der Waals surface area contributed by atoms with Gasteiger partial charge in [-0.2, -0.15) is 4.31 Å². The van der Waals surface area contributed by atoms with Crippen molar-refractivity contribution in [2.45, 2.75) is 37.1 Å². The number of nitrogens with zero attached hydrogens (tertiary/aromatic N) is 2. The molecule has 0 saturated carbocycles. The van der Waals surface area contributed by atoms with E-state index in [0.29, 0.717) is 32.0 Å². The number of likely N-dealkylation sites (tertiary alicyclic amines) is 1. The third-order valence-corrected chi connectivity index (χ3v) is 6.44. The molecular weight excluding hydrogens is 318 g/mol. The SMILES string of the molecule is CC1CCCCN1C(=O)c1cc(S(=O)(=O)N2CCOCC2)c[nH]1. The molecule has 3 rings (SSSR count). The highest BCUT2D eigenvalue weighted by molar-refractivity contribution is 7.89. The number of carbonyl (C=O) groups excluding carboxylic acids is 1. The van der Waals surface area contributed by atoms with Crippen LogP contribution in [-0.2, 0) is 14.8 Å². The Bertz CT molecular complexity index is 664. The first-order chi connectivity index (χ1) is 11.0. The number of hydrogen-bond acceptors (Lipinski definition) is 4. The number of aromatic nitrogens is 1. The van der Waals surface area contributed by atoms with Crippen LogP contribution in [0.1, 0.15) is 36.7 Å². The zero-order chi connectivity index (χ0) is 16.4. The lowest BCUT2D eigenvalue weighted by Gasteiger charge is -2.33. The van der Waals surface area contributed by atoms with Gasteiger partial charge >= 0.3 is 0 Å². The monoisotopic (exact) mass is 341 g/mol. The van der Waals surface area contributed by atoms with Crippen LogP contribution >= 0.6 is 0 Å². The third kappa shape index (κ3) is 3.29. The molecule has 1 amide bonds. The number of morpholine rings is 1. The summed E-state index contributed by atoms with van der Waals surface area (Å²) in [6.45, 7) is 4.26. The third-order valence-electron chi connectivity index (χ3n) is 4.56. The van der Waals surface area contributed by atoms with Crippen LogP contribution in [0.5, 0.6) is 0 Å². The molecule has 1 atom stereocenters. The number of ether oxygens (including phenoxy) is 1. The predicted molar refractivity (Wildman–Crippen MR) is 84.7 cm³/mol. The normalized spacial score (nSPS) is 23.9. The Balaban J connectivity index is 1.78. The predicted octanol–water partition coefficient (Wildman–Crippen LogP) is 1.05. The van der Waals surface area contributed by atoms with Gasteiger partial charge in [-0.3, -0.25) is 4.79 Å². The van der Waals surface area contributed by atoms with Crippen LogP contribution < -0.4 is 0 Å². The lowest BCUT2D eigenvalue weighted by atomic mass is 10.0. The quantitative estimate of drug-likeness (QED) is 0.891. The molecule has 0 aromatic carbocycles. The molecule has 0 radical (unpaired) electrons. The molecule has 0 bridgehead atoms. The summed E-state index contributed by atoms with van der Waals surface area (Å²) in [5.74, 6) is -0.124. The summed E-state index contributed by atoms with van der Waals surface area (Å²) in [6, 6.07) is 1.65. The summed E-state index contributed by atoms with van der Waals surface area (Å²) in [4.78, 5) is 17.4. The maximum atomic E-state index is 12.6. The zero-order valence-electron chi connectivity index (χ0n) is 13.3. The van der Waals surface area contributed by atoms with Crippen LogP contribution in [0.4, 0.5) is 0 Å². The number of piperidine rings is 1. The molecule has 7 nitrogen and oxygen atoms in total. The smallest absolute Gasteiger partial charge is 0.270 e. The number of nitrogens with one attached hydrogen (secondary N) is 1. The van der Waals surface area contributed by atoms with E-state index in [4.69, 9.17) is 4.74 Å². The van der Waals surface area contributed by atoms with Crippen LogP contribution in [0, 0.1) is 0 Å². The Hall–Kier alpha value is -1.38. The van der Waals surface area contributed by atoms with Gasteiger partial charge in [0.1, 0.15) is 10.6 Å². The van der Waals surface area contributed by atoms with Gasteiger partial charge in [0.2, 0.25) is 10.0 Å². The number of aromatic amines is 1. The highest BCUT2D eigenvalue weighted by Gasteiger charge is 2.30. The highest BCUT2D eigenvalue weighted by atomic mass is 32.2. The minimum Gasteiger partial charge on any atom is -0.379 e. The van der Waals surface area contributed by atoms with Crippen molar-refractivity contribution in [1.29, 1.82) is 0 Å². The molecule has 1 unspecified atom stereocenters. The minimum absolute atomic E-state index is 0.124. The van der Waals surface area contributed by atoms with E-state index in [1.807, 2.05) is 11.8 Å². The molecular formula is C15H23N3O4S. The van der Waals surface area contributed by atoms with Crippen molar-refractivity contribution in [3.8, 4) is 0 Å². The number of sulfonamides is 1. The lowest BCUT2D eigenvalue weighted by molar-refractivity contribution is 0.0630. The van der Waals surface area contributed by atoms with Gasteiger partial charge < -0.3 is 14.6 Å². The molecule has 3 heterocycles. The Morgan fingerprint density at radius 2 is 2.00 bits per heavy atom. The number of amides is 1. The molecule has 2 aliphatic heterocycles. The molecule has 0 spiro atoms. The van der Waals surface area contributed by atoms with Gasteiger partial charge in [-0.1, -0.05) is 0 Å². The fraction of sp³-hybridized carbons (Fsp3) is 0.667. The lowest BCUT2D eigenvalue weighted by Crippen LogP contribution is -2.42. The van der Waals surface area contributed by atoms with Gasteiger partial charge in [-0.15, -0.1) is 0 Å². The largest absolute Gasteiger partial charge is 0.379 e. The van der Waals surface area contributed by atoms with Gasteiger partial charge in [-0.05, 0) is 32.3 Å². The topological polar surface area (TPSA) is 82.7 Å². The number of rotatable bonds is 3. The Kier molecular flexibility index (Phi) is 4.74. The highest BCUT2D eigenvalue weighted by Crippen LogP contribution is 2.22. The van der Waals surface area contributed by atoms with E-state index in [9.17, 15) is 13.2 Å². The van der Waals surface area contributed by atoms with Crippen molar-refractivity contribution in [1.82, 2.24) is 14.2 Å². The van der Waals surface area contributed by atoms with Crippen molar-refractivity contribution >= 4 is 15.9 Å². The Labute approximate surface area is 136 Å². The zero-order valence-corrected chi connectivity index (χ0v) is 14.1. The van der Waals surface area contributed by atoms with E-state index in [0.717, 1.165) is 25.8 Å². The van der Waals surface area contributed by atoms with Crippen molar-refractivity contribution in [2.75, 3.05) is 32.8 Å². The number of carbonyl (C=O) groups is 1. The molecule has 8 heteroatoms. The summed E-state index contributed by atoms with van der Waals surface area (Å²) in [6.07, 6.45) is 4.53. The van der Waals surface area contributed by atoms with Gasteiger partial charge in [-0.25, -0.2) is 8.42 Å². The summed E-state index contributed by atoms with van der Waals surface area (Å²) in [7, 11) is -3.57. The second-order valence-electron chi connectivity index (χ2n) is 6.11. The fourth-order valence-corrected chi connectivity index (χ4v) is 4.54. The first-order valence-electron chi connectivity index (χ1n) is 8.07. The van der Waals surface area contributed by atoms with E-state index < -0.39 is 10.0 Å². The molecule has 128 valence electrons. The molecule has 2 saturated heterocycles. The van der Waals surface area contributed by atoms with Crippen LogP contribution in [0.15, 0.2) is 17.2 Å². The molecule has 2 aliphatic rings. The van der Waals surface area contributed by atoms with Gasteiger partial charge in [0.25, 0.3) is 5.91 Å². The molecule has 23 heavy (non-hydrogen) atoms. The molecule has 0 aliphatic carbocycles. The van der Waals surface area contributed by atoms with Gasteiger partial charge in [0.15, 0.2) is 0 Å². The van der Waals surface area contributed by atoms with Crippen LogP contribution in [0.3, 0.4) is 0 Å². The van der Waals surface area contributed by atoms with Gasteiger partial charge in [0, 0.05) is 31.9 Å². The van der Waals surface area contributed by atoms with Crippen molar-refractivity contribution in [3.05, 3.63) is 18.0 Å². The van der Waals surface area contributed by atoms with E-state index in [2.05, 4.69) is 4.98 Å².